The minimum atomic E-state index is -0.633. The first-order chi connectivity index (χ1) is 10.6. The Morgan fingerprint density at radius 3 is 2.95 bits per heavy atom. The number of hydrogen-bond acceptors (Lipinski definition) is 5. The third-order valence-electron chi connectivity index (χ3n) is 3.46. The molecule has 2 heterocycles. The molecule has 1 amide bonds. The van der Waals surface area contributed by atoms with Gasteiger partial charge in [-0.25, -0.2) is 0 Å². The summed E-state index contributed by atoms with van der Waals surface area (Å²) < 4.78 is 11.4. The molecule has 22 heavy (non-hydrogen) atoms. The van der Waals surface area contributed by atoms with E-state index in [1.165, 1.54) is 0 Å². The summed E-state index contributed by atoms with van der Waals surface area (Å²) in [5.74, 6) is 0.246. The zero-order valence-corrected chi connectivity index (χ0v) is 12.7. The third kappa shape index (κ3) is 3.44. The number of nitrogens with one attached hydrogen (secondary N) is 2. The molecule has 1 fully saturated rings. The number of anilines is 1. The maximum atomic E-state index is 12.3. The highest BCUT2D eigenvalue weighted by atomic mass is 16.6. The number of fused-ring (bicyclic) bond motifs is 1. The summed E-state index contributed by atoms with van der Waals surface area (Å²) in [6.45, 7) is 0.965. The average molecular weight is 304 g/mol. The summed E-state index contributed by atoms with van der Waals surface area (Å²) in [5, 5.41) is 9.73. The van der Waals surface area contributed by atoms with Crippen molar-refractivity contribution in [3.05, 3.63) is 36.1 Å². The number of carbonyl (C=O) groups is 1. The van der Waals surface area contributed by atoms with Crippen LogP contribution in [0.1, 0.15) is 5.69 Å². The van der Waals surface area contributed by atoms with Crippen LogP contribution >= 0.6 is 0 Å². The summed E-state index contributed by atoms with van der Waals surface area (Å²) in [4.78, 5) is 14.3. The highest BCUT2D eigenvalue weighted by Crippen LogP contribution is 2.21. The molecular weight excluding hydrogens is 284 g/mol. The molecule has 1 saturated heterocycles. The quantitative estimate of drug-likeness (QED) is 0.855. The Labute approximate surface area is 129 Å². The van der Waals surface area contributed by atoms with E-state index in [9.17, 15) is 4.79 Å². The normalized spacial score (nSPS) is 27.0. The number of aromatic amines is 1. The molecule has 2 N–H and O–H groups in total. The zero-order chi connectivity index (χ0) is 15.5. The maximum Gasteiger partial charge on any atom is 0.257 e. The number of carbonyl (C=O) groups excluding carboxylic acids is 1. The van der Waals surface area contributed by atoms with Crippen molar-refractivity contribution >= 4 is 11.7 Å². The summed E-state index contributed by atoms with van der Waals surface area (Å²) in [7, 11) is 3.93. The number of hydrogen-bond donors (Lipinski definition) is 2. The topological polar surface area (TPSA) is 79.5 Å². The van der Waals surface area contributed by atoms with Crippen LogP contribution in [0.2, 0.25) is 0 Å². The van der Waals surface area contributed by atoms with Gasteiger partial charge in [-0.15, -0.1) is 0 Å². The smallest absolute Gasteiger partial charge is 0.257 e. The van der Waals surface area contributed by atoms with E-state index in [0.717, 1.165) is 12.2 Å². The molecule has 118 valence electrons. The molecule has 0 aromatic carbocycles. The van der Waals surface area contributed by atoms with Gasteiger partial charge >= 0.3 is 0 Å². The van der Waals surface area contributed by atoms with Crippen LogP contribution in [0.15, 0.2) is 30.4 Å². The van der Waals surface area contributed by atoms with Gasteiger partial charge in [-0.2, -0.15) is 5.10 Å². The lowest BCUT2D eigenvalue weighted by Gasteiger charge is -2.34. The van der Waals surface area contributed by atoms with E-state index in [1.54, 1.807) is 0 Å². The first-order valence-corrected chi connectivity index (χ1v) is 7.24. The van der Waals surface area contributed by atoms with Crippen LogP contribution < -0.4 is 5.32 Å². The lowest BCUT2D eigenvalue weighted by atomic mass is 10.1. The fraction of sp³-hybridized carbons (Fsp3) is 0.467. The van der Waals surface area contributed by atoms with Crippen LogP contribution in [-0.2, 0) is 20.8 Å². The Bertz CT molecular complexity index is 593. The van der Waals surface area contributed by atoms with Gasteiger partial charge in [0, 0.05) is 12.6 Å². The van der Waals surface area contributed by atoms with Crippen molar-refractivity contribution in [2.24, 2.45) is 0 Å². The van der Waals surface area contributed by atoms with Crippen molar-refractivity contribution in [3.8, 4) is 0 Å². The van der Waals surface area contributed by atoms with Gasteiger partial charge in [-0.1, -0.05) is 24.3 Å². The van der Waals surface area contributed by atoms with Crippen LogP contribution in [0.25, 0.3) is 0 Å². The van der Waals surface area contributed by atoms with E-state index in [1.807, 2.05) is 49.4 Å². The molecule has 3 atom stereocenters. The predicted octanol–water partition coefficient (Wildman–Crippen LogP) is 0.688. The Morgan fingerprint density at radius 2 is 2.18 bits per heavy atom. The molecule has 1 aromatic rings. The number of allylic oxidation sites excluding steroid dienone is 2. The van der Waals surface area contributed by atoms with Gasteiger partial charge in [0.15, 0.2) is 11.9 Å². The van der Waals surface area contributed by atoms with E-state index in [0.29, 0.717) is 5.82 Å². The minimum absolute atomic E-state index is 0.105. The summed E-state index contributed by atoms with van der Waals surface area (Å²) in [5.41, 5.74) is 0.932. The molecule has 2 aliphatic rings. The first-order valence-electron chi connectivity index (χ1n) is 7.24. The molecule has 0 spiro atoms. The average Bonchev–Trinajstić information content (AvgIpc) is 2.93. The van der Waals surface area contributed by atoms with Gasteiger partial charge in [-0.3, -0.25) is 9.89 Å². The maximum absolute atomic E-state index is 12.3. The fourth-order valence-corrected chi connectivity index (χ4v) is 2.46. The van der Waals surface area contributed by atoms with Crippen LogP contribution in [0, 0.1) is 0 Å². The van der Waals surface area contributed by atoms with E-state index < -0.39 is 6.10 Å². The summed E-state index contributed by atoms with van der Waals surface area (Å²) >= 11 is 0. The molecule has 1 aliphatic carbocycles. The lowest BCUT2D eigenvalue weighted by Crippen LogP contribution is -2.47. The Kier molecular flexibility index (Phi) is 4.37. The molecule has 7 nitrogen and oxygen atoms in total. The Morgan fingerprint density at radius 1 is 1.41 bits per heavy atom. The van der Waals surface area contributed by atoms with Crippen LogP contribution in [0.3, 0.4) is 0 Å². The second kappa shape index (κ2) is 6.43. The van der Waals surface area contributed by atoms with E-state index in [4.69, 9.17) is 9.47 Å². The van der Waals surface area contributed by atoms with Crippen LogP contribution in [0.4, 0.5) is 5.82 Å². The highest BCUT2D eigenvalue weighted by Gasteiger charge is 2.33. The van der Waals surface area contributed by atoms with Crippen molar-refractivity contribution < 1.29 is 14.3 Å². The second-order valence-electron chi connectivity index (χ2n) is 5.66. The summed E-state index contributed by atoms with van der Waals surface area (Å²) in [6.07, 6.45) is 6.69. The SMILES string of the molecule is CN(C)Cc1cc(NC(=O)C2COC3C=CC=CC3O2)n[nH]1. The van der Waals surface area contributed by atoms with Crippen molar-refractivity contribution in [2.75, 3.05) is 26.0 Å². The standard InChI is InChI=1S/C15H20N4O3/c1-19(2)8-10-7-14(18-17-10)16-15(20)13-9-21-11-5-3-4-6-12(11)22-13/h3-7,11-13H,8-9H2,1-2H3,(H2,16,17,18,20). The van der Waals surface area contributed by atoms with Gasteiger partial charge in [0.25, 0.3) is 5.91 Å². The number of nitrogens with zero attached hydrogens (tertiary/aromatic N) is 2. The third-order valence-corrected chi connectivity index (χ3v) is 3.46. The number of rotatable bonds is 4. The fourth-order valence-electron chi connectivity index (χ4n) is 2.46. The highest BCUT2D eigenvalue weighted by molar-refractivity contribution is 5.93. The molecule has 1 aliphatic heterocycles. The largest absolute Gasteiger partial charge is 0.368 e. The first kappa shape index (κ1) is 15.0. The van der Waals surface area contributed by atoms with Crippen molar-refractivity contribution in [1.29, 1.82) is 0 Å². The van der Waals surface area contributed by atoms with Crippen molar-refractivity contribution in [1.82, 2.24) is 15.1 Å². The van der Waals surface area contributed by atoms with Gasteiger partial charge in [0.1, 0.15) is 12.2 Å². The van der Waals surface area contributed by atoms with Gasteiger partial charge in [0.2, 0.25) is 0 Å². The monoisotopic (exact) mass is 304 g/mol. The summed E-state index contributed by atoms with van der Waals surface area (Å²) in [6, 6.07) is 1.81. The molecule has 3 rings (SSSR count). The van der Waals surface area contributed by atoms with E-state index >= 15 is 0 Å². The number of ether oxygens (including phenoxy) is 2. The number of H-pyrrole nitrogens is 1. The van der Waals surface area contributed by atoms with E-state index in [2.05, 4.69) is 15.5 Å². The van der Waals surface area contributed by atoms with Gasteiger partial charge < -0.3 is 19.7 Å². The minimum Gasteiger partial charge on any atom is -0.368 e. The molecule has 3 unspecified atom stereocenters. The molecule has 0 radical (unpaired) electrons. The van der Waals surface area contributed by atoms with Gasteiger partial charge in [0.05, 0.1) is 12.3 Å². The molecule has 0 saturated carbocycles. The molecule has 0 bridgehead atoms. The Hall–Kier alpha value is -1.96. The number of aromatic nitrogens is 2. The molecule has 7 heteroatoms. The Balaban J connectivity index is 1.57. The predicted molar refractivity (Wildman–Crippen MR) is 81.3 cm³/mol. The van der Waals surface area contributed by atoms with Gasteiger partial charge in [-0.05, 0) is 14.1 Å². The molecular formula is C15H20N4O3. The second-order valence-corrected chi connectivity index (χ2v) is 5.66. The molecule has 1 aromatic heterocycles. The lowest BCUT2D eigenvalue weighted by molar-refractivity contribution is -0.164. The van der Waals surface area contributed by atoms with Crippen LogP contribution in [0.5, 0.6) is 0 Å². The van der Waals surface area contributed by atoms with Crippen molar-refractivity contribution in [2.45, 2.75) is 24.9 Å². The van der Waals surface area contributed by atoms with E-state index in [-0.39, 0.29) is 24.7 Å². The zero-order valence-electron chi connectivity index (χ0n) is 12.7. The van der Waals surface area contributed by atoms with Crippen LogP contribution in [-0.4, -0.2) is 60.0 Å². The number of amides is 1. The van der Waals surface area contributed by atoms with Crippen molar-refractivity contribution in [3.63, 3.8) is 0 Å².